The Morgan fingerprint density at radius 3 is 2.59 bits per heavy atom. The van der Waals surface area contributed by atoms with Gasteiger partial charge in [-0.3, -0.25) is 0 Å². The van der Waals surface area contributed by atoms with Gasteiger partial charge in [-0.1, -0.05) is 6.92 Å². The number of benzene rings is 1. The standard InChI is InChI=1S/C14H21FN2/c1-3-17(10-14-11(2)8-9-16-14)13-6-4-12(15)5-7-13/h4-7,11,14,16H,3,8-10H2,1-2H3. The van der Waals surface area contributed by atoms with E-state index in [-0.39, 0.29) is 5.82 Å². The van der Waals surface area contributed by atoms with Gasteiger partial charge in [0.2, 0.25) is 0 Å². The van der Waals surface area contributed by atoms with E-state index < -0.39 is 0 Å². The molecule has 94 valence electrons. The summed E-state index contributed by atoms with van der Waals surface area (Å²) in [6, 6.07) is 7.34. The van der Waals surface area contributed by atoms with Crippen molar-refractivity contribution < 1.29 is 4.39 Å². The van der Waals surface area contributed by atoms with Gasteiger partial charge in [-0.15, -0.1) is 0 Å². The third-order valence-corrected chi connectivity index (χ3v) is 3.68. The molecule has 0 amide bonds. The second-order valence-corrected chi connectivity index (χ2v) is 4.84. The average molecular weight is 236 g/mol. The van der Waals surface area contributed by atoms with Crippen LogP contribution in [0.1, 0.15) is 20.3 Å². The van der Waals surface area contributed by atoms with E-state index in [0.717, 1.165) is 31.2 Å². The summed E-state index contributed by atoms with van der Waals surface area (Å²) >= 11 is 0. The maximum atomic E-state index is 12.9. The van der Waals surface area contributed by atoms with Crippen LogP contribution in [0.5, 0.6) is 0 Å². The molecule has 1 heterocycles. The molecule has 1 fully saturated rings. The van der Waals surface area contributed by atoms with E-state index in [1.165, 1.54) is 18.6 Å². The Labute approximate surface area is 103 Å². The number of hydrogen-bond acceptors (Lipinski definition) is 2. The van der Waals surface area contributed by atoms with Crippen LogP contribution >= 0.6 is 0 Å². The topological polar surface area (TPSA) is 15.3 Å². The number of halogens is 1. The Bertz CT molecular complexity index is 350. The molecule has 0 saturated carbocycles. The van der Waals surface area contributed by atoms with Crippen molar-refractivity contribution in [1.29, 1.82) is 0 Å². The summed E-state index contributed by atoms with van der Waals surface area (Å²) in [7, 11) is 0. The number of likely N-dealkylation sites (N-methyl/N-ethyl adjacent to an activating group) is 1. The summed E-state index contributed by atoms with van der Waals surface area (Å²) in [5.74, 6) is 0.557. The number of nitrogens with zero attached hydrogens (tertiary/aromatic N) is 1. The van der Waals surface area contributed by atoms with Crippen LogP contribution in [0.4, 0.5) is 10.1 Å². The Kier molecular flexibility index (Phi) is 4.00. The molecule has 2 nitrogen and oxygen atoms in total. The van der Waals surface area contributed by atoms with E-state index in [1.54, 1.807) is 0 Å². The third-order valence-electron chi connectivity index (χ3n) is 3.68. The lowest BCUT2D eigenvalue weighted by Gasteiger charge is -2.28. The Morgan fingerprint density at radius 1 is 1.35 bits per heavy atom. The van der Waals surface area contributed by atoms with Crippen LogP contribution in [0.15, 0.2) is 24.3 Å². The van der Waals surface area contributed by atoms with Gasteiger partial charge in [0.05, 0.1) is 0 Å². The molecule has 0 radical (unpaired) electrons. The van der Waals surface area contributed by atoms with Crippen molar-refractivity contribution in [3.63, 3.8) is 0 Å². The highest BCUT2D eigenvalue weighted by atomic mass is 19.1. The summed E-state index contributed by atoms with van der Waals surface area (Å²) in [6.07, 6.45) is 1.26. The van der Waals surface area contributed by atoms with Gasteiger partial charge in [0, 0.05) is 24.8 Å². The molecule has 1 aliphatic heterocycles. The SMILES string of the molecule is CCN(CC1NCCC1C)c1ccc(F)cc1. The fraction of sp³-hybridized carbons (Fsp3) is 0.571. The normalized spacial score (nSPS) is 23.9. The fourth-order valence-electron chi connectivity index (χ4n) is 2.45. The Balaban J connectivity index is 2.03. The number of rotatable bonds is 4. The second kappa shape index (κ2) is 5.50. The van der Waals surface area contributed by atoms with Gasteiger partial charge in [0.25, 0.3) is 0 Å². The smallest absolute Gasteiger partial charge is 0.123 e. The van der Waals surface area contributed by atoms with Crippen LogP contribution in [0.25, 0.3) is 0 Å². The van der Waals surface area contributed by atoms with Crippen LogP contribution in [0.2, 0.25) is 0 Å². The molecule has 2 atom stereocenters. The van der Waals surface area contributed by atoms with Crippen molar-refractivity contribution in [2.45, 2.75) is 26.3 Å². The molecule has 1 saturated heterocycles. The van der Waals surface area contributed by atoms with Crippen molar-refractivity contribution in [2.24, 2.45) is 5.92 Å². The van der Waals surface area contributed by atoms with E-state index in [1.807, 2.05) is 12.1 Å². The average Bonchev–Trinajstić information content (AvgIpc) is 2.73. The van der Waals surface area contributed by atoms with E-state index in [9.17, 15) is 4.39 Å². The number of nitrogens with one attached hydrogen (secondary N) is 1. The highest BCUT2D eigenvalue weighted by molar-refractivity contribution is 5.46. The lowest BCUT2D eigenvalue weighted by atomic mass is 10.0. The van der Waals surface area contributed by atoms with E-state index in [4.69, 9.17) is 0 Å². The molecule has 1 aromatic rings. The molecule has 2 unspecified atom stereocenters. The van der Waals surface area contributed by atoms with Gasteiger partial charge in [0.15, 0.2) is 0 Å². The van der Waals surface area contributed by atoms with E-state index in [2.05, 4.69) is 24.1 Å². The highest BCUT2D eigenvalue weighted by Crippen LogP contribution is 2.20. The lowest BCUT2D eigenvalue weighted by molar-refractivity contribution is 0.477. The quantitative estimate of drug-likeness (QED) is 0.864. The maximum Gasteiger partial charge on any atom is 0.123 e. The predicted molar refractivity (Wildman–Crippen MR) is 69.9 cm³/mol. The molecule has 0 spiro atoms. The van der Waals surface area contributed by atoms with Crippen LogP contribution in [0, 0.1) is 11.7 Å². The minimum Gasteiger partial charge on any atom is -0.370 e. The summed E-state index contributed by atoms with van der Waals surface area (Å²) in [5, 5.41) is 3.54. The first-order valence-corrected chi connectivity index (χ1v) is 6.44. The first-order valence-electron chi connectivity index (χ1n) is 6.44. The molecule has 1 aliphatic rings. The first kappa shape index (κ1) is 12.4. The summed E-state index contributed by atoms with van der Waals surface area (Å²) in [4.78, 5) is 2.30. The molecule has 3 heteroatoms. The van der Waals surface area contributed by atoms with Gasteiger partial charge < -0.3 is 10.2 Å². The van der Waals surface area contributed by atoms with Crippen molar-refractivity contribution in [1.82, 2.24) is 5.32 Å². The van der Waals surface area contributed by atoms with Gasteiger partial charge in [0.1, 0.15) is 5.82 Å². The molecule has 1 aromatic carbocycles. The van der Waals surface area contributed by atoms with Gasteiger partial charge >= 0.3 is 0 Å². The highest BCUT2D eigenvalue weighted by Gasteiger charge is 2.24. The van der Waals surface area contributed by atoms with Crippen molar-refractivity contribution in [3.05, 3.63) is 30.1 Å². The van der Waals surface area contributed by atoms with Crippen LogP contribution in [-0.4, -0.2) is 25.7 Å². The Hall–Kier alpha value is -1.09. The predicted octanol–water partition coefficient (Wildman–Crippen LogP) is 2.65. The second-order valence-electron chi connectivity index (χ2n) is 4.84. The van der Waals surface area contributed by atoms with Gasteiger partial charge in [-0.25, -0.2) is 4.39 Å². The molecule has 0 aromatic heterocycles. The molecule has 0 aliphatic carbocycles. The summed E-state index contributed by atoms with van der Waals surface area (Å²) < 4.78 is 12.9. The number of hydrogen-bond donors (Lipinski definition) is 1. The molecule has 1 N–H and O–H groups in total. The minimum atomic E-state index is -0.169. The van der Waals surface area contributed by atoms with Gasteiger partial charge in [-0.2, -0.15) is 0 Å². The molecular formula is C14H21FN2. The summed E-state index contributed by atoms with van der Waals surface area (Å²) in [6.45, 7) is 7.51. The zero-order valence-electron chi connectivity index (χ0n) is 10.6. The summed E-state index contributed by atoms with van der Waals surface area (Å²) in [5.41, 5.74) is 1.11. The lowest BCUT2D eigenvalue weighted by Crippen LogP contribution is -2.40. The van der Waals surface area contributed by atoms with Crippen molar-refractivity contribution >= 4 is 5.69 Å². The molecule has 17 heavy (non-hydrogen) atoms. The monoisotopic (exact) mass is 236 g/mol. The molecule has 2 rings (SSSR count). The van der Waals surface area contributed by atoms with E-state index in [0.29, 0.717) is 6.04 Å². The minimum absolute atomic E-state index is 0.169. The number of anilines is 1. The van der Waals surface area contributed by atoms with Crippen LogP contribution in [-0.2, 0) is 0 Å². The Morgan fingerprint density at radius 2 is 2.06 bits per heavy atom. The van der Waals surface area contributed by atoms with Crippen LogP contribution < -0.4 is 10.2 Å². The van der Waals surface area contributed by atoms with Crippen molar-refractivity contribution in [3.8, 4) is 0 Å². The zero-order chi connectivity index (χ0) is 12.3. The maximum absolute atomic E-state index is 12.9. The zero-order valence-corrected chi connectivity index (χ0v) is 10.6. The van der Waals surface area contributed by atoms with Crippen LogP contribution in [0.3, 0.4) is 0 Å². The van der Waals surface area contributed by atoms with Gasteiger partial charge in [-0.05, 0) is 50.1 Å². The largest absolute Gasteiger partial charge is 0.370 e. The molecular weight excluding hydrogens is 215 g/mol. The molecule has 0 bridgehead atoms. The van der Waals surface area contributed by atoms with Crippen molar-refractivity contribution in [2.75, 3.05) is 24.5 Å². The fourth-order valence-corrected chi connectivity index (χ4v) is 2.45. The third kappa shape index (κ3) is 2.97. The first-order chi connectivity index (χ1) is 8.20. The van der Waals surface area contributed by atoms with E-state index >= 15 is 0 Å².